The zero-order valence-corrected chi connectivity index (χ0v) is 11.8. The van der Waals surface area contributed by atoms with Crippen LogP contribution < -0.4 is 5.32 Å². The van der Waals surface area contributed by atoms with Crippen molar-refractivity contribution >= 4 is 0 Å². The first-order valence-corrected chi connectivity index (χ1v) is 7.48. The van der Waals surface area contributed by atoms with Crippen molar-refractivity contribution in [3.63, 3.8) is 0 Å². The highest BCUT2D eigenvalue weighted by Crippen LogP contribution is 2.37. The first kappa shape index (κ1) is 13.5. The van der Waals surface area contributed by atoms with E-state index in [0.29, 0.717) is 0 Å². The minimum atomic E-state index is 0.774. The maximum absolute atomic E-state index is 4.24. The highest BCUT2D eigenvalue weighted by molar-refractivity contribution is 5.32. The van der Waals surface area contributed by atoms with Gasteiger partial charge in [-0.3, -0.25) is 4.98 Å². The standard InChI is InChI=1S/C16H26N2/c1-3-8-17-11-13(4-2)10-14-5-6-15-12-18-9-7-16(14)15/h7,9,12-14,17H,3-6,8,10-11H2,1-2H3. The van der Waals surface area contributed by atoms with Gasteiger partial charge in [0.25, 0.3) is 0 Å². The topological polar surface area (TPSA) is 24.9 Å². The van der Waals surface area contributed by atoms with E-state index in [-0.39, 0.29) is 0 Å². The number of rotatable bonds is 7. The summed E-state index contributed by atoms with van der Waals surface area (Å²) in [6, 6.07) is 2.24. The SMILES string of the molecule is CCCNCC(CC)CC1CCc2cnccc21. The summed E-state index contributed by atoms with van der Waals surface area (Å²) in [6.07, 6.45) is 10.4. The highest BCUT2D eigenvalue weighted by atomic mass is 14.8. The Labute approximate surface area is 111 Å². The largest absolute Gasteiger partial charge is 0.316 e. The molecule has 18 heavy (non-hydrogen) atoms. The summed E-state index contributed by atoms with van der Waals surface area (Å²) < 4.78 is 0. The summed E-state index contributed by atoms with van der Waals surface area (Å²) >= 11 is 0. The monoisotopic (exact) mass is 246 g/mol. The third kappa shape index (κ3) is 3.32. The Morgan fingerprint density at radius 3 is 3.11 bits per heavy atom. The molecule has 0 aliphatic heterocycles. The zero-order chi connectivity index (χ0) is 12.8. The number of hydrogen-bond acceptors (Lipinski definition) is 2. The van der Waals surface area contributed by atoms with Crippen LogP contribution in [0.15, 0.2) is 18.5 Å². The molecule has 1 aromatic rings. The lowest BCUT2D eigenvalue weighted by Gasteiger charge is -2.20. The van der Waals surface area contributed by atoms with Gasteiger partial charge in [-0.25, -0.2) is 0 Å². The molecule has 1 heterocycles. The smallest absolute Gasteiger partial charge is 0.0302 e. The Balaban J connectivity index is 1.89. The molecule has 2 nitrogen and oxygen atoms in total. The first-order valence-electron chi connectivity index (χ1n) is 7.48. The summed E-state index contributed by atoms with van der Waals surface area (Å²) in [7, 11) is 0. The average molecular weight is 246 g/mol. The predicted molar refractivity (Wildman–Crippen MR) is 76.9 cm³/mol. The van der Waals surface area contributed by atoms with Gasteiger partial charge in [0, 0.05) is 12.4 Å². The number of nitrogens with one attached hydrogen (secondary N) is 1. The van der Waals surface area contributed by atoms with E-state index in [2.05, 4.69) is 36.4 Å². The average Bonchev–Trinajstić information content (AvgIpc) is 2.81. The van der Waals surface area contributed by atoms with Crippen LogP contribution in [0.1, 0.15) is 56.6 Å². The fraction of sp³-hybridized carbons (Fsp3) is 0.688. The molecule has 2 heteroatoms. The van der Waals surface area contributed by atoms with Crippen LogP contribution in [-0.4, -0.2) is 18.1 Å². The second-order valence-electron chi connectivity index (χ2n) is 5.52. The fourth-order valence-electron chi connectivity index (χ4n) is 3.05. The van der Waals surface area contributed by atoms with Crippen LogP contribution in [0.5, 0.6) is 0 Å². The van der Waals surface area contributed by atoms with Crippen molar-refractivity contribution < 1.29 is 0 Å². The van der Waals surface area contributed by atoms with Gasteiger partial charge >= 0.3 is 0 Å². The zero-order valence-electron chi connectivity index (χ0n) is 11.8. The molecule has 2 unspecified atom stereocenters. The molecule has 0 aromatic carbocycles. The normalized spacial score (nSPS) is 19.8. The van der Waals surface area contributed by atoms with E-state index in [4.69, 9.17) is 0 Å². The number of aryl methyl sites for hydroxylation is 1. The van der Waals surface area contributed by atoms with Crippen molar-refractivity contribution in [1.29, 1.82) is 0 Å². The number of fused-ring (bicyclic) bond motifs is 1. The van der Waals surface area contributed by atoms with Gasteiger partial charge in [-0.1, -0.05) is 20.3 Å². The minimum Gasteiger partial charge on any atom is -0.316 e. The van der Waals surface area contributed by atoms with Gasteiger partial charge in [-0.2, -0.15) is 0 Å². The molecule has 0 fully saturated rings. The Bertz CT molecular complexity index is 362. The van der Waals surface area contributed by atoms with E-state index < -0.39 is 0 Å². The fourth-order valence-corrected chi connectivity index (χ4v) is 3.05. The molecule has 1 N–H and O–H groups in total. The van der Waals surface area contributed by atoms with Gasteiger partial charge in [0.15, 0.2) is 0 Å². The van der Waals surface area contributed by atoms with Crippen LogP contribution in [-0.2, 0) is 6.42 Å². The summed E-state index contributed by atoms with van der Waals surface area (Å²) in [5.74, 6) is 1.59. The molecule has 0 saturated heterocycles. The van der Waals surface area contributed by atoms with E-state index in [1.165, 1.54) is 44.2 Å². The molecule has 1 aliphatic rings. The Morgan fingerprint density at radius 1 is 1.44 bits per heavy atom. The third-order valence-corrected chi connectivity index (χ3v) is 4.20. The Morgan fingerprint density at radius 2 is 2.33 bits per heavy atom. The summed E-state index contributed by atoms with van der Waals surface area (Å²) in [5, 5.41) is 3.57. The maximum atomic E-state index is 4.24. The van der Waals surface area contributed by atoms with Gasteiger partial charge in [0.1, 0.15) is 0 Å². The molecular formula is C16H26N2. The quantitative estimate of drug-likeness (QED) is 0.745. The molecule has 2 rings (SSSR count). The summed E-state index contributed by atoms with van der Waals surface area (Å²) in [4.78, 5) is 4.24. The van der Waals surface area contributed by atoms with E-state index in [9.17, 15) is 0 Å². The van der Waals surface area contributed by atoms with Gasteiger partial charge in [0.2, 0.25) is 0 Å². The molecule has 0 saturated carbocycles. The Hall–Kier alpha value is -0.890. The molecule has 0 amide bonds. The molecule has 0 radical (unpaired) electrons. The van der Waals surface area contributed by atoms with Crippen LogP contribution in [0.25, 0.3) is 0 Å². The summed E-state index contributed by atoms with van der Waals surface area (Å²) in [5.41, 5.74) is 3.05. The van der Waals surface area contributed by atoms with Crippen LogP contribution in [0, 0.1) is 5.92 Å². The van der Waals surface area contributed by atoms with Crippen molar-refractivity contribution in [3.8, 4) is 0 Å². The van der Waals surface area contributed by atoms with E-state index in [1.54, 1.807) is 5.56 Å². The second-order valence-corrected chi connectivity index (χ2v) is 5.52. The third-order valence-electron chi connectivity index (χ3n) is 4.20. The maximum Gasteiger partial charge on any atom is 0.0302 e. The van der Waals surface area contributed by atoms with Gasteiger partial charge in [-0.05, 0) is 67.8 Å². The van der Waals surface area contributed by atoms with Crippen molar-refractivity contribution in [2.75, 3.05) is 13.1 Å². The van der Waals surface area contributed by atoms with Crippen molar-refractivity contribution in [2.24, 2.45) is 5.92 Å². The molecule has 0 spiro atoms. The Kier molecular flexibility index (Phi) is 5.18. The van der Waals surface area contributed by atoms with Gasteiger partial charge in [-0.15, -0.1) is 0 Å². The number of hydrogen-bond donors (Lipinski definition) is 1. The second kappa shape index (κ2) is 6.89. The van der Waals surface area contributed by atoms with Crippen LogP contribution in [0.4, 0.5) is 0 Å². The molecular weight excluding hydrogens is 220 g/mol. The van der Waals surface area contributed by atoms with Crippen LogP contribution >= 0.6 is 0 Å². The lowest BCUT2D eigenvalue weighted by Crippen LogP contribution is -2.24. The van der Waals surface area contributed by atoms with E-state index >= 15 is 0 Å². The molecule has 1 aromatic heterocycles. The lowest BCUT2D eigenvalue weighted by atomic mass is 9.89. The number of nitrogens with zero attached hydrogens (tertiary/aromatic N) is 1. The highest BCUT2D eigenvalue weighted by Gasteiger charge is 2.24. The molecule has 0 bridgehead atoms. The van der Waals surface area contributed by atoms with Crippen molar-refractivity contribution in [3.05, 3.63) is 29.6 Å². The van der Waals surface area contributed by atoms with Gasteiger partial charge in [0.05, 0.1) is 0 Å². The summed E-state index contributed by atoms with van der Waals surface area (Å²) in [6.45, 7) is 6.89. The minimum absolute atomic E-state index is 0.774. The van der Waals surface area contributed by atoms with Crippen molar-refractivity contribution in [1.82, 2.24) is 10.3 Å². The molecule has 2 atom stereocenters. The number of pyridine rings is 1. The van der Waals surface area contributed by atoms with Crippen LogP contribution in [0.3, 0.4) is 0 Å². The number of aromatic nitrogens is 1. The van der Waals surface area contributed by atoms with Crippen molar-refractivity contribution in [2.45, 2.75) is 51.9 Å². The predicted octanol–water partition coefficient (Wildman–Crippen LogP) is 3.53. The van der Waals surface area contributed by atoms with E-state index in [1.807, 2.05) is 6.20 Å². The first-order chi connectivity index (χ1) is 8.85. The van der Waals surface area contributed by atoms with Gasteiger partial charge < -0.3 is 5.32 Å². The van der Waals surface area contributed by atoms with E-state index in [0.717, 1.165) is 18.4 Å². The molecule has 1 aliphatic carbocycles. The lowest BCUT2D eigenvalue weighted by molar-refractivity contribution is 0.395. The van der Waals surface area contributed by atoms with Crippen LogP contribution in [0.2, 0.25) is 0 Å². The molecule has 100 valence electrons.